The van der Waals surface area contributed by atoms with Crippen LogP contribution in [-0.2, 0) is 30.8 Å². The van der Waals surface area contributed by atoms with Gasteiger partial charge in [-0.3, -0.25) is 9.59 Å². The van der Waals surface area contributed by atoms with Gasteiger partial charge in [-0.2, -0.15) is 0 Å². The average Bonchev–Trinajstić information content (AvgIpc) is 4.07. The molecule has 9 rings (SSSR count). The van der Waals surface area contributed by atoms with E-state index < -0.39 is 0 Å². The number of aryl methyl sites for hydroxylation is 2. The summed E-state index contributed by atoms with van der Waals surface area (Å²) in [4.78, 5) is 33.9. The fourth-order valence-corrected chi connectivity index (χ4v) is 9.82. The van der Waals surface area contributed by atoms with E-state index in [1.807, 2.05) is 30.8 Å². The number of hydrogen-bond donors (Lipinski definition) is 4. The van der Waals surface area contributed by atoms with Crippen LogP contribution in [0.25, 0.3) is 43.3 Å². The van der Waals surface area contributed by atoms with Crippen LogP contribution in [0.4, 0.5) is 5.69 Å². The molecular formula is C49H52N8O2S. The summed E-state index contributed by atoms with van der Waals surface area (Å²) in [5.41, 5.74) is 9.64. The summed E-state index contributed by atoms with van der Waals surface area (Å²) in [5, 5.41) is 18.4. The Morgan fingerprint density at radius 3 is 2.53 bits per heavy atom. The molecule has 2 aliphatic rings. The van der Waals surface area contributed by atoms with E-state index in [0.29, 0.717) is 30.7 Å². The Balaban J connectivity index is 0.716. The number of benzene rings is 3. The molecule has 60 heavy (non-hydrogen) atoms. The molecule has 4 aromatic heterocycles. The molecule has 11 heteroatoms. The lowest BCUT2D eigenvalue weighted by molar-refractivity contribution is -0.115. The molecule has 3 aromatic carbocycles. The molecule has 2 aliphatic heterocycles. The molecule has 10 nitrogen and oxygen atoms in total. The number of thiophene rings is 1. The van der Waals surface area contributed by atoms with Crippen molar-refractivity contribution in [2.24, 2.45) is 0 Å². The van der Waals surface area contributed by atoms with Gasteiger partial charge < -0.3 is 35.3 Å². The summed E-state index contributed by atoms with van der Waals surface area (Å²) in [6.07, 6.45) is 8.67. The maximum Gasteiger partial charge on any atom is 0.296 e. The number of rotatable bonds is 14. The van der Waals surface area contributed by atoms with Gasteiger partial charge in [-0.1, -0.05) is 36.3 Å². The summed E-state index contributed by atoms with van der Waals surface area (Å²) >= 11 is 1.64. The van der Waals surface area contributed by atoms with Crippen molar-refractivity contribution >= 4 is 61.7 Å². The van der Waals surface area contributed by atoms with Crippen molar-refractivity contribution in [3.05, 3.63) is 119 Å². The van der Waals surface area contributed by atoms with Crippen molar-refractivity contribution in [3.63, 3.8) is 0 Å². The summed E-state index contributed by atoms with van der Waals surface area (Å²) in [7, 11) is 1.97. The van der Waals surface area contributed by atoms with Gasteiger partial charge >= 0.3 is 0 Å². The number of carbonyl (C=O) groups excluding carboxylic acids is 2. The first-order valence-corrected chi connectivity index (χ1v) is 22.2. The minimum Gasteiger partial charge on any atom is -0.368 e. The highest BCUT2D eigenvalue weighted by atomic mass is 32.1. The quantitative estimate of drug-likeness (QED) is 0.0671. The van der Waals surface area contributed by atoms with Crippen molar-refractivity contribution < 1.29 is 9.59 Å². The largest absolute Gasteiger partial charge is 0.368 e. The number of aromatic nitrogens is 3. The molecule has 2 atom stereocenters. The number of nitrogens with zero attached hydrogens (tertiary/aromatic N) is 4. The third-order valence-corrected chi connectivity index (χ3v) is 13.0. The first-order valence-electron chi connectivity index (χ1n) is 21.3. The third-order valence-electron chi connectivity index (χ3n) is 12.0. The van der Waals surface area contributed by atoms with Gasteiger partial charge in [-0.05, 0) is 111 Å². The molecule has 0 saturated carbocycles. The van der Waals surface area contributed by atoms with Crippen molar-refractivity contribution in [3.8, 4) is 22.3 Å². The second-order valence-electron chi connectivity index (χ2n) is 16.1. The molecule has 4 N–H and O–H groups in total. The summed E-state index contributed by atoms with van der Waals surface area (Å²) < 4.78 is 4.48. The van der Waals surface area contributed by atoms with Crippen molar-refractivity contribution in [1.82, 2.24) is 35.4 Å². The fourth-order valence-electron chi connectivity index (χ4n) is 8.98. The molecule has 2 saturated heterocycles. The Morgan fingerprint density at radius 1 is 0.883 bits per heavy atom. The Bertz CT molecular complexity index is 2720. The Morgan fingerprint density at radius 2 is 1.72 bits per heavy atom. The molecule has 7 aromatic rings. The van der Waals surface area contributed by atoms with Gasteiger partial charge in [0.05, 0.1) is 5.56 Å². The van der Waals surface area contributed by atoms with Gasteiger partial charge in [0.1, 0.15) is 5.65 Å². The van der Waals surface area contributed by atoms with E-state index in [0.717, 1.165) is 79.0 Å². The highest BCUT2D eigenvalue weighted by molar-refractivity contribution is 7.13. The van der Waals surface area contributed by atoms with Crippen LogP contribution in [0, 0.1) is 11.8 Å². The number of anilines is 1. The summed E-state index contributed by atoms with van der Waals surface area (Å²) in [6, 6.07) is 29.4. The van der Waals surface area contributed by atoms with Crippen molar-refractivity contribution in [2.75, 3.05) is 38.1 Å². The summed E-state index contributed by atoms with van der Waals surface area (Å²) in [6.45, 7) is 7.95. The lowest BCUT2D eigenvalue weighted by atomic mass is 10.1. The lowest BCUT2D eigenvalue weighted by Crippen LogP contribution is -2.51. The molecule has 0 spiro atoms. The fraction of sp³-hybridized carbons (Fsp3) is 0.327. The maximum atomic E-state index is 13.0. The number of hydrogen-bond acceptors (Lipinski definition) is 7. The zero-order chi connectivity index (χ0) is 41.0. The number of nitrogens with one attached hydrogen (secondary N) is 4. The zero-order valence-corrected chi connectivity index (χ0v) is 35.2. The average molecular weight is 817 g/mol. The third kappa shape index (κ3) is 8.54. The number of piperazine rings is 1. The Labute approximate surface area is 355 Å². The van der Waals surface area contributed by atoms with Gasteiger partial charge in [-0.25, -0.2) is 4.98 Å². The maximum absolute atomic E-state index is 13.0. The van der Waals surface area contributed by atoms with Crippen molar-refractivity contribution in [1.29, 1.82) is 0 Å². The number of unbranched alkanes of at least 4 members (excludes halogenated alkanes) is 1. The standard InChI is InChI=1S/C49H52N8O2S/c1-3-57-44-16-8-34(28-50-2)24-43(44)42-15-10-36(27-45(42)57)46-25-35(32-60-46)9-17-47(58)51-20-4-5-22-55-23-19-37-26-38(29-53-48(37)55)49(59)52-21-18-33-6-13-41(14-7-33)56-30-39-11-12-40(31-56)54-39/h6-8,10,13-16,19,23-27,29,32,39-40,50,54H,3-5,11-12,18,20-22,28,30-31H2,1-2H3,(H,51,58)(H,52,59)/t39-,40+. The van der Waals surface area contributed by atoms with Crippen LogP contribution in [0.2, 0.25) is 0 Å². The topological polar surface area (TPSA) is 108 Å². The molecule has 2 amide bonds. The second kappa shape index (κ2) is 17.7. The predicted octanol–water partition coefficient (Wildman–Crippen LogP) is 7.47. The van der Waals surface area contributed by atoms with E-state index in [-0.39, 0.29) is 11.8 Å². The van der Waals surface area contributed by atoms with Gasteiger partial charge in [-0.15, -0.1) is 11.3 Å². The highest BCUT2D eigenvalue weighted by Crippen LogP contribution is 2.35. The van der Waals surface area contributed by atoms with Gasteiger partial charge in [0.25, 0.3) is 11.8 Å². The summed E-state index contributed by atoms with van der Waals surface area (Å²) in [5.74, 6) is 5.44. The molecule has 2 fully saturated rings. The number of fused-ring (bicyclic) bond motifs is 6. The smallest absolute Gasteiger partial charge is 0.296 e. The van der Waals surface area contributed by atoms with E-state index in [1.165, 1.54) is 51.5 Å². The van der Waals surface area contributed by atoms with Crippen LogP contribution in [0.15, 0.2) is 96.6 Å². The molecule has 0 radical (unpaired) electrons. The molecular weight excluding hydrogens is 765 g/mol. The monoisotopic (exact) mass is 816 g/mol. The van der Waals surface area contributed by atoms with Gasteiger partial charge in [0.15, 0.2) is 0 Å². The van der Waals surface area contributed by atoms with Crippen LogP contribution in [0.5, 0.6) is 0 Å². The Hall–Kier alpha value is -5.93. The highest BCUT2D eigenvalue weighted by Gasteiger charge is 2.32. The van der Waals surface area contributed by atoms with E-state index >= 15 is 0 Å². The van der Waals surface area contributed by atoms with Gasteiger partial charge in [0, 0.05) is 125 Å². The van der Waals surface area contributed by atoms with Crippen LogP contribution < -0.4 is 26.2 Å². The SMILES string of the molecule is CCn1c2ccc(CNC)cc2c2ccc(-c3cc(C#CC(=O)NCCCCn4ccc5cc(C(=O)NCCc6ccc(N7C[C@H]8CC[C@@H](C7)N8)cc6)cnc54)cs3)cc21. The lowest BCUT2D eigenvalue weighted by Gasteiger charge is -2.34. The number of carbonyl (C=O) groups is 2. The van der Waals surface area contributed by atoms with E-state index in [9.17, 15) is 9.59 Å². The molecule has 2 bridgehead atoms. The molecule has 306 valence electrons. The van der Waals surface area contributed by atoms with Crippen molar-refractivity contribution in [2.45, 2.75) is 70.7 Å². The van der Waals surface area contributed by atoms with E-state index in [2.05, 4.69) is 126 Å². The molecule has 0 unspecified atom stereocenters. The number of pyridine rings is 1. The minimum absolute atomic E-state index is 0.114. The minimum atomic E-state index is -0.275. The molecule has 6 heterocycles. The Kier molecular flexibility index (Phi) is 11.7. The van der Waals surface area contributed by atoms with E-state index in [4.69, 9.17) is 0 Å². The van der Waals surface area contributed by atoms with Gasteiger partial charge in [0.2, 0.25) is 0 Å². The second-order valence-corrected chi connectivity index (χ2v) is 17.0. The normalized spacial score (nSPS) is 16.1. The first-order chi connectivity index (χ1) is 29.4. The first kappa shape index (κ1) is 39.5. The zero-order valence-electron chi connectivity index (χ0n) is 34.4. The number of amides is 2. The van der Waals surface area contributed by atoms with Crippen LogP contribution in [0.1, 0.15) is 59.7 Å². The molecule has 0 aliphatic carbocycles. The van der Waals surface area contributed by atoms with Crippen LogP contribution >= 0.6 is 11.3 Å². The van der Waals surface area contributed by atoms with Crippen LogP contribution in [0.3, 0.4) is 0 Å². The van der Waals surface area contributed by atoms with Crippen LogP contribution in [-0.4, -0.2) is 71.2 Å². The van der Waals surface area contributed by atoms with E-state index in [1.54, 1.807) is 17.5 Å². The predicted molar refractivity (Wildman–Crippen MR) is 245 cm³/mol.